The summed E-state index contributed by atoms with van der Waals surface area (Å²) in [6.07, 6.45) is -0.490. The quantitative estimate of drug-likeness (QED) is 0.156. The fourth-order valence-electron chi connectivity index (χ4n) is 6.22. The molecule has 13 heteroatoms. The van der Waals surface area contributed by atoms with Crippen LogP contribution in [-0.2, 0) is 25.0 Å². The Hall–Kier alpha value is -4.03. The first kappa shape index (κ1) is 38.2. The van der Waals surface area contributed by atoms with Gasteiger partial charge in [-0.1, -0.05) is 75.2 Å². The molecule has 0 unspecified atom stereocenters. The Morgan fingerprint density at radius 2 is 1.43 bits per heavy atom. The van der Waals surface area contributed by atoms with Crippen molar-refractivity contribution in [1.82, 2.24) is 4.72 Å². The number of rotatable bonds is 9. The molecule has 1 aliphatic heterocycles. The zero-order valence-electron chi connectivity index (χ0n) is 30.2. The Morgan fingerprint density at radius 1 is 0.882 bits per heavy atom. The van der Waals surface area contributed by atoms with E-state index in [2.05, 4.69) is 15.4 Å². The summed E-state index contributed by atoms with van der Waals surface area (Å²) in [5.74, 6) is -0.0384. The van der Waals surface area contributed by atoms with E-state index in [0.29, 0.717) is 32.3 Å². The monoisotopic (exact) mass is 754 g/mol. The highest BCUT2D eigenvalue weighted by molar-refractivity contribution is 7.89. The van der Waals surface area contributed by atoms with E-state index < -0.39 is 39.1 Å². The molecule has 1 heterocycles. The number of hydrogen-bond donors (Lipinski definition) is 3. The summed E-state index contributed by atoms with van der Waals surface area (Å²) >= 11 is 13.2. The number of hydrogen-bond acceptors (Lipinski definition) is 7. The fraction of sp³-hybridized carbons (Fsp3) is 0.368. The van der Waals surface area contributed by atoms with E-state index in [9.17, 15) is 18.0 Å². The minimum absolute atomic E-state index is 0.0436. The fourth-order valence-corrected chi connectivity index (χ4v) is 8.09. The third-order valence-corrected chi connectivity index (χ3v) is 10.5. The van der Waals surface area contributed by atoms with Gasteiger partial charge in [-0.25, -0.2) is 13.2 Å². The van der Waals surface area contributed by atoms with Crippen LogP contribution < -0.4 is 25.0 Å². The molecule has 5 rings (SSSR count). The van der Waals surface area contributed by atoms with E-state index >= 15 is 0 Å². The Kier molecular flexibility index (Phi) is 10.6. The molecule has 0 bridgehead atoms. The van der Waals surface area contributed by atoms with Gasteiger partial charge in [-0.2, -0.15) is 4.72 Å². The van der Waals surface area contributed by atoms with Crippen LogP contribution in [0.25, 0.3) is 10.8 Å². The van der Waals surface area contributed by atoms with Crippen LogP contribution in [0.3, 0.4) is 0 Å². The van der Waals surface area contributed by atoms with Crippen LogP contribution in [0.4, 0.5) is 21.9 Å². The van der Waals surface area contributed by atoms with Crippen molar-refractivity contribution in [2.24, 2.45) is 5.92 Å². The molecule has 0 saturated heterocycles. The second-order valence-electron chi connectivity index (χ2n) is 14.8. The van der Waals surface area contributed by atoms with Gasteiger partial charge in [-0.3, -0.25) is 10.1 Å². The largest absolute Gasteiger partial charge is 0.452 e. The first-order valence-electron chi connectivity index (χ1n) is 16.6. The maximum Gasteiger partial charge on any atom is 0.412 e. The molecule has 10 nitrogen and oxygen atoms in total. The third-order valence-electron chi connectivity index (χ3n) is 8.50. The summed E-state index contributed by atoms with van der Waals surface area (Å²) in [5, 5.41) is 7.64. The van der Waals surface area contributed by atoms with Crippen molar-refractivity contribution in [2.75, 3.05) is 29.6 Å². The maximum absolute atomic E-state index is 14.1. The van der Waals surface area contributed by atoms with Crippen molar-refractivity contribution in [3.63, 3.8) is 0 Å². The van der Waals surface area contributed by atoms with E-state index in [-0.39, 0.29) is 34.4 Å². The number of carbonyl (C=O) groups is 2. The molecule has 2 amide bonds. The predicted molar refractivity (Wildman–Crippen MR) is 205 cm³/mol. The number of nitrogens with zero attached hydrogens (tertiary/aromatic N) is 1. The smallest absolute Gasteiger partial charge is 0.412 e. The molecule has 51 heavy (non-hydrogen) atoms. The Bertz CT molecular complexity index is 2130. The standard InChI is InChI=1S/C38H44Cl2N4O6S/c1-21(2)16-30(43-51(47,48)32-15-11-12-24-25(32)13-10-14-31(24)44(8)9)35(45)41-28-19-22(39)17-26-33(28)49-34-27(38(26,6)7)18-23(40)20-29(34)42-36(46)50-37(3,4)5/h10-15,17-21,30,43H,16H2,1-9H3,(H,41,45)(H,42,46)/t30-/m0/s1. The van der Waals surface area contributed by atoms with E-state index in [0.717, 1.165) is 11.1 Å². The molecule has 0 saturated carbocycles. The van der Waals surface area contributed by atoms with Gasteiger partial charge in [-0.15, -0.1) is 0 Å². The summed E-state index contributed by atoms with van der Waals surface area (Å²) in [6.45, 7) is 13.0. The highest BCUT2D eigenvalue weighted by Gasteiger charge is 2.39. The predicted octanol–water partition coefficient (Wildman–Crippen LogP) is 9.32. The van der Waals surface area contributed by atoms with Crippen LogP contribution >= 0.6 is 23.2 Å². The summed E-state index contributed by atoms with van der Waals surface area (Å²) in [7, 11) is -0.398. The first-order chi connectivity index (χ1) is 23.7. The van der Waals surface area contributed by atoms with E-state index in [1.54, 1.807) is 63.2 Å². The number of fused-ring (bicyclic) bond motifs is 3. The topological polar surface area (TPSA) is 126 Å². The first-order valence-corrected chi connectivity index (χ1v) is 18.8. The molecule has 0 fully saturated rings. The summed E-state index contributed by atoms with van der Waals surface area (Å²) in [4.78, 5) is 28.9. The van der Waals surface area contributed by atoms with Gasteiger partial charge in [0.25, 0.3) is 0 Å². The molecule has 1 atom stereocenters. The maximum atomic E-state index is 14.1. The molecule has 0 radical (unpaired) electrons. The zero-order valence-corrected chi connectivity index (χ0v) is 32.5. The molecule has 0 spiro atoms. The van der Waals surface area contributed by atoms with E-state index in [4.69, 9.17) is 32.7 Å². The average Bonchev–Trinajstić information content (AvgIpc) is 3.00. The van der Waals surface area contributed by atoms with Crippen LogP contribution in [-0.4, -0.2) is 46.2 Å². The van der Waals surface area contributed by atoms with Gasteiger partial charge >= 0.3 is 6.09 Å². The average molecular weight is 756 g/mol. The Labute approximate surface area is 309 Å². The lowest BCUT2D eigenvalue weighted by Crippen LogP contribution is -2.44. The Balaban J connectivity index is 1.52. The van der Waals surface area contributed by atoms with Gasteiger partial charge in [0.2, 0.25) is 15.9 Å². The van der Waals surface area contributed by atoms with Crippen molar-refractivity contribution in [1.29, 1.82) is 0 Å². The molecular weight excluding hydrogens is 711 g/mol. The van der Waals surface area contributed by atoms with Crippen LogP contribution in [0.5, 0.6) is 11.5 Å². The molecule has 3 N–H and O–H groups in total. The molecule has 1 aliphatic rings. The molecule has 0 aliphatic carbocycles. The van der Waals surface area contributed by atoms with Crippen LogP contribution in [0.1, 0.15) is 66.0 Å². The third kappa shape index (κ3) is 8.22. The Morgan fingerprint density at radius 3 is 1.98 bits per heavy atom. The van der Waals surface area contributed by atoms with Crippen molar-refractivity contribution in [3.8, 4) is 11.5 Å². The number of sulfonamides is 1. The lowest BCUT2D eigenvalue weighted by molar-refractivity contribution is -0.118. The molecular formula is C38H44Cl2N4O6S. The number of carbonyl (C=O) groups excluding carboxylic acids is 2. The number of ether oxygens (including phenoxy) is 2. The second kappa shape index (κ2) is 14.2. The number of halogens is 2. The SMILES string of the molecule is CC(C)C[C@H](NS(=O)(=O)c1cccc2c(N(C)C)cccc12)C(=O)Nc1cc(Cl)cc2c1Oc1c(NC(=O)OC(C)(C)C)cc(Cl)cc1C2(C)C. The van der Waals surface area contributed by atoms with Gasteiger partial charge in [-0.05, 0) is 69.5 Å². The van der Waals surface area contributed by atoms with Gasteiger partial charge in [0.15, 0.2) is 11.5 Å². The van der Waals surface area contributed by atoms with E-state index in [1.807, 2.05) is 58.8 Å². The van der Waals surface area contributed by atoms with Crippen molar-refractivity contribution in [3.05, 3.63) is 81.8 Å². The number of amides is 2. The number of anilines is 3. The van der Waals surface area contributed by atoms with Gasteiger partial charge in [0.1, 0.15) is 11.6 Å². The van der Waals surface area contributed by atoms with Crippen molar-refractivity contribution in [2.45, 2.75) is 76.8 Å². The zero-order chi connectivity index (χ0) is 37.6. The van der Waals surface area contributed by atoms with Gasteiger partial charge in [0, 0.05) is 57.1 Å². The second-order valence-corrected chi connectivity index (χ2v) is 17.4. The highest BCUT2D eigenvalue weighted by Crippen LogP contribution is 2.54. The van der Waals surface area contributed by atoms with Crippen molar-refractivity contribution < 1.29 is 27.5 Å². The van der Waals surface area contributed by atoms with Crippen molar-refractivity contribution >= 4 is 73.1 Å². The normalized spacial score (nSPS) is 14.3. The van der Waals surface area contributed by atoms with Gasteiger partial charge < -0.3 is 19.7 Å². The number of nitrogens with one attached hydrogen (secondary N) is 3. The minimum atomic E-state index is -4.18. The minimum Gasteiger partial charge on any atom is -0.452 e. The lowest BCUT2D eigenvalue weighted by atomic mass is 9.75. The summed E-state index contributed by atoms with van der Waals surface area (Å²) in [6, 6.07) is 16.0. The van der Waals surface area contributed by atoms with Crippen LogP contribution in [0, 0.1) is 5.92 Å². The summed E-state index contributed by atoms with van der Waals surface area (Å²) in [5.41, 5.74) is 1.18. The molecule has 4 aromatic rings. The number of benzene rings is 4. The molecule has 0 aromatic heterocycles. The molecule has 4 aromatic carbocycles. The summed E-state index contributed by atoms with van der Waals surface area (Å²) < 4.78 is 42.7. The lowest BCUT2D eigenvalue weighted by Gasteiger charge is -2.37. The highest BCUT2D eigenvalue weighted by atomic mass is 35.5. The van der Waals surface area contributed by atoms with Gasteiger partial charge in [0.05, 0.1) is 16.3 Å². The molecule has 272 valence electrons. The van der Waals surface area contributed by atoms with Crippen LogP contribution in [0.2, 0.25) is 10.0 Å². The van der Waals surface area contributed by atoms with E-state index in [1.165, 1.54) is 6.07 Å². The van der Waals surface area contributed by atoms with Crippen LogP contribution in [0.15, 0.2) is 65.6 Å².